The van der Waals surface area contributed by atoms with Gasteiger partial charge in [-0.1, -0.05) is 43.5 Å². The zero-order valence-electron chi connectivity index (χ0n) is 20.9. The SMILES string of the molecule is O=C(O)c1ccc2c(C3CCCCC3)c3n(c2c1)CCN(CC(=O)N1CCCCC1)c1ccccc1-3. The monoisotopic (exact) mass is 485 g/mol. The maximum atomic E-state index is 13.3. The van der Waals surface area contributed by atoms with Gasteiger partial charge in [0.05, 0.1) is 17.8 Å². The van der Waals surface area contributed by atoms with Crippen molar-refractivity contribution in [1.29, 1.82) is 0 Å². The molecule has 188 valence electrons. The maximum absolute atomic E-state index is 13.3. The number of piperidine rings is 1. The Balaban J connectivity index is 1.48. The largest absolute Gasteiger partial charge is 0.478 e. The lowest BCUT2D eigenvalue weighted by atomic mass is 9.81. The molecule has 1 N–H and O–H groups in total. The number of fused-ring (bicyclic) bond motifs is 5. The Morgan fingerprint density at radius 3 is 2.39 bits per heavy atom. The summed E-state index contributed by atoms with van der Waals surface area (Å²) in [6.07, 6.45) is 9.51. The van der Waals surface area contributed by atoms with Gasteiger partial charge in [-0.25, -0.2) is 4.79 Å². The first kappa shape index (κ1) is 23.1. The second-order valence-corrected chi connectivity index (χ2v) is 10.7. The Hall–Kier alpha value is -3.28. The van der Waals surface area contributed by atoms with Gasteiger partial charge in [0.25, 0.3) is 0 Å². The fourth-order valence-electron chi connectivity index (χ4n) is 6.70. The number of aromatic carboxylic acids is 1. The summed E-state index contributed by atoms with van der Waals surface area (Å²) in [6.45, 7) is 3.56. The molecule has 1 aromatic heterocycles. The highest BCUT2D eigenvalue weighted by atomic mass is 16.4. The molecular weight excluding hydrogens is 450 g/mol. The predicted octanol–water partition coefficient (Wildman–Crippen LogP) is 5.89. The number of benzene rings is 2. The topological polar surface area (TPSA) is 65.8 Å². The molecule has 2 aromatic carbocycles. The number of amides is 1. The number of hydrogen-bond donors (Lipinski definition) is 1. The van der Waals surface area contributed by atoms with Crippen LogP contribution in [0.1, 0.15) is 73.2 Å². The van der Waals surface area contributed by atoms with E-state index in [1.807, 2.05) is 17.0 Å². The highest BCUT2D eigenvalue weighted by molar-refractivity contribution is 6.00. The lowest BCUT2D eigenvalue weighted by molar-refractivity contribution is -0.130. The van der Waals surface area contributed by atoms with Crippen LogP contribution in [0.25, 0.3) is 22.2 Å². The van der Waals surface area contributed by atoms with Crippen molar-refractivity contribution in [3.05, 3.63) is 53.6 Å². The molecule has 3 aromatic rings. The molecule has 36 heavy (non-hydrogen) atoms. The van der Waals surface area contributed by atoms with Gasteiger partial charge < -0.3 is 19.5 Å². The standard InChI is InChI=1S/C30H35N3O3/c34-27(31-15-7-2-8-16-31)20-32-17-18-33-26-19-22(30(35)36)13-14-23(26)28(21-9-3-1-4-10-21)29(33)24-11-5-6-12-25(24)32/h5-6,11-14,19,21H,1-4,7-10,15-18,20H2,(H,35,36). The number of nitrogens with zero attached hydrogens (tertiary/aromatic N) is 3. The first-order valence-electron chi connectivity index (χ1n) is 13.6. The van der Waals surface area contributed by atoms with Crippen LogP contribution in [0.15, 0.2) is 42.5 Å². The Kier molecular flexibility index (Phi) is 6.20. The van der Waals surface area contributed by atoms with Crippen LogP contribution in [0.5, 0.6) is 0 Å². The molecular formula is C30H35N3O3. The van der Waals surface area contributed by atoms with Crippen LogP contribution in [-0.4, -0.2) is 52.6 Å². The quantitative estimate of drug-likeness (QED) is 0.501. The van der Waals surface area contributed by atoms with Gasteiger partial charge in [-0.05, 0) is 61.8 Å². The van der Waals surface area contributed by atoms with Crippen LogP contribution in [0.4, 0.5) is 5.69 Å². The Bertz CT molecular complexity index is 1300. The maximum Gasteiger partial charge on any atom is 0.335 e. The Labute approximate surface area is 212 Å². The molecule has 6 heteroatoms. The van der Waals surface area contributed by atoms with E-state index in [0.717, 1.165) is 55.8 Å². The van der Waals surface area contributed by atoms with Gasteiger partial charge >= 0.3 is 5.97 Å². The molecule has 1 amide bonds. The van der Waals surface area contributed by atoms with E-state index in [1.54, 1.807) is 6.07 Å². The zero-order chi connectivity index (χ0) is 24.6. The minimum atomic E-state index is -0.894. The van der Waals surface area contributed by atoms with Crippen LogP contribution in [-0.2, 0) is 11.3 Å². The lowest BCUT2D eigenvalue weighted by Crippen LogP contribution is -2.43. The van der Waals surface area contributed by atoms with Crippen LogP contribution in [0.3, 0.4) is 0 Å². The van der Waals surface area contributed by atoms with Crippen LogP contribution in [0, 0.1) is 0 Å². The normalized spacial score (nSPS) is 18.6. The number of likely N-dealkylation sites (tertiary alicyclic amines) is 1. The summed E-state index contributed by atoms with van der Waals surface area (Å²) < 4.78 is 2.34. The molecule has 1 saturated heterocycles. The van der Waals surface area contributed by atoms with E-state index >= 15 is 0 Å². The van der Waals surface area contributed by atoms with E-state index in [2.05, 4.69) is 33.7 Å². The summed E-state index contributed by atoms with van der Waals surface area (Å²) in [6, 6.07) is 14.1. The zero-order valence-corrected chi connectivity index (χ0v) is 20.9. The number of rotatable bonds is 4. The fourth-order valence-corrected chi connectivity index (χ4v) is 6.70. The molecule has 3 heterocycles. The second-order valence-electron chi connectivity index (χ2n) is 10.7. The number of aromatic nitrogens is 1. The smallest absolute Gasteiger partial charge is 0.335 e. The molecule has 0 spiro atoms. The molecule has 0 atom stereocenters. The van der Waals surface area contributed by atoms with Crippen LogP contribution >= 0.6 is 0 Å². The third-order valence-electron chi connectivity index (χ3n) is 8.49. The van der Waals surface area contributed by atoms with Crippen molar-refractivity contribution in [3.63, 3.8) is 0 Å². The van der Waals surface area contributed by atoms with Gasteiger partial charge in [0.15, 0.2) is 0 Å². The fraction of sp³-hybridized carbons (Fsp3) is 0.467. The predicted molar refractivity (Wildman–Crippen MR) is 143 cm³/mol. The molecule has 6 rings (SSSR count). The van der Waals surface area contributed by atoms with E-state index in [4.69, 9.17) is 0 Å². The first-order valence-corrected chi connectivity index (χ1v) is 13.6. The van der Waals surface area contributed by atoms with Crippen molar-refractivity contribution in [1.82, 2.24) is 9.47 Å². The van der Waals surface area contributed by atoms with Gasteiger partial charge in [-0.3, -0.25) is 4.79 Å². The third-order valence-corrected chi connectivity index (χ3v) is 8.49. The highest BCUT2D eigenvalue weighted by Gasteiger charge is 2.31. The Morgan fingerprint density at radius 2 is 1.61 bits per heavy atom. The van der Waals surface area contributed by atoms with Gasteiger partial charge in [-0.2, -0.15) is 0 Å². The van der Waals surface area contributed by atoms with E-state index in [0.29, 0.717) is 18.0 Å². The number of para-hydroxylation sites is 1. The Morgan fingerprint density at radius 1 is 0.861 bits per heavy atom. The molecule has 0 unspecified atom stereocenters. The summed E-state index contributed by atoms with van der Waals surface area (Å²) >= 11 is 0. The number of anilines is 1. The average Bonchev–Trinajstić information content (AvgIpc) is 3.16. The van der Waals surface area contributed by atoms with E-state index < -0.39 is 5.97 Å². The second kappa shape index (κ2) is 9.64. The molecule has 6 nitrogen and oxygen atoms in total. The molecule has 0 radical (unpaired) electrons. The van der Waals surface area contributed by atoms with E-state index in [1.165, 1.54) is 55.2 Å². The summed E-state index contributed by atoms with van der Waals surface area (Å²) in [4.78, 5) is 29.4. The molecule has 1 aliphatic carbocycles. The van der Waals surface area contributed by atoms with Crippen molar-refractivity contribution < 1.29 is 14.7 Å². The number of carboxylic acid groups (broad SMARTS) is 1. The molecule has 0 bridgehead atoms. The molecule has 2 aliphatic heterocycles. The van der Waals surface area contributed by atoms with Crippen molar-refractivity contribution in [3.8, 4) is 11.3 Å². The van der Waals surface area contributed by atoms with Crippen LogP contribution < -0.4 is 4.90 Å². The third kappa shape index (κ3) is 4.06. The minimum absolute atomic E-state index is 0.210. The molecule has 1 saturated carbocycles. The van der Waals surface area contributed by atoms with Crippen molar-refractivity contribution in [2.45, 2.75) is 63.8 Å². The molecule has 2 fully saturated rings. The first-order chi connectivity index (χ1) is 17.6. The summed E-state index contributed by atoms with van der Waals surface area (Å²) in [5.41, 5.74) is 6.20. The summed E-state index contributed by atoms with van der Waals surface area (Å²) in [5, 5.41) is 10.9. The number of carbonyl (C=O) groups is 2. The van der Waals surface area contributed by atoms with Crippen molar-refractivity contribution in [2.24, 2.45) is 0 Å². The number of carboxylic acids is 1. The van der Waals surface area contributed by atoms with Crippen LogP contribution in [0.2, 0.25) is 0 Å². The number of hydrogen-bond acceptors (Lipinski definition) is 3. The van der Waals surface area contributed by atoms with Crippen molar-refractivity contribution in [2.75, 3.05) is 31.1 Å². The average molecular weight is 486 g/mol. The van der Waals surface area contributed by atoms with Gasteiger partial charge in [0, 0.05) is 48.3 Å². The summed E-state index contributed by atoms with van der Waals surface area (Å²) in [5.74, 6) is -0.209. The highest BCUT2D eigenvalue weighted by Crippen LogP contribution is 2.47. The minimum Gasteiger partial charge on any atom is -0.478 e. The summed E-state index contributed by atoms with van der Waals surface area (Å²) in [7, 11) is 0. The van der Waals surface area contributed by atoms with Gasteiger partial charge in [-0.15, -0.1) is 0 Å². The van der Waals surface area contributed by atoms with Gasteiger partial charge in [0.1, 0.15) is 0 Å². The van der Waals surface area contributed by atoms with E-state index in [-0.39, 0.29) is 5.91 Å². The van der Waals surface area contributed by atoms with E-state index in [9.17, 15) is 14.7 Å². The van der Waals surface area contributed by atoms with Crippen molar-refractivity contribution >= 4 is 28.5 Å². The molecule has 3 aliphatic rings. The lowest BCUT2D eigenvalue weighted by Gasteiger charge is -2.31. The van der Waals surface area contributed by atoms with Gasteiger partial charge in [0.2, 0.25) is 5.91 Å². The number of carbonyl (C=O) groups excluding carboxylic acids is 1.